The lowest BCUT2D eigenvalue weighted by Crippen LogP contribution is -2.36. The fourth-order valence-electron chi connectivity index (χ4n) is 3.68. The first-order valence-corrected chi connectivity index (χ1v) is 12.7. The third-order valence-electron chi connectivity index (χ3n) is 5.56. The van der Waals surface area contributed by atoms with Crippen LogP contribution in [0.2, 0.25) is 0 Å². The van der Waals surface area contributed by atoms with E-state index in [9.17, 15) is 31.9 Å². The van der Waals surface area contributed by atoms with Crippen LogP contribution in [0.1, 0.15) is 23.6 Å². The molecule has 1 saturated heterocycles. The molecule has 12 heteroatoms. The van der Waals surface area contributed by atoms with Gasteiger partial charge < -0.3 is 14.8 Å². The Morgan fingerprint density at radius 1 is 1.00 bits per heavy atom. The molecule has 3 aromatic rings. The van der Waals surface area contributed by atoms with Gasteiger partial charge in [0.2, 0.25) is 5.91 Å². The van der Waals surface area contributed by atoms with Crippen LogP contribution in [0.25, 0.3) is 6.08 Å². The molecule has 0 spiro atoms. The van der Waals surface area contributed by atoms with Crippen molar-refractivity contribution < 1.29 is 41.4 Å². The molecular formula is C28H22F4N2O5S. The number of amides is 3. The van der Waals surface area contributed by atoms with Crippen LogP contribution >= 0.6 is 11.8 Å². The lowest BCUT2D eigenvalue weighted by molar-refractivity contribution is -0.137. The number of hydrogen-bond donors (Lipinski definition) is 1. The van der Waals surface area contributed by atoms with Gasteiger partial charge in [-0.1, -0.05) is 30.3 Å². The highest BCUT2D eigenvalue weighted by Gasteiger charge is 2.36. The minimum absolute atomic E-state index is 0.0342. The van der Waals surface area contributed by atoms with Crippen LogP contribution in [0.5, 0.6) is 11.5 Å². The van der Waals surface area contributed by atoms with E-state index in [0.29, 0.717) is 45.9 Å². The molecule has 0 unspecified atom stereocenters. The summed E-state index contributed by atoms with van der Waals surface area (Å²) in [4.78, 5) is 38.5. The van der Waals surface area contributed by atoms with Crippen LogP contribution in [0, 0.1) is 5.82 Å². The number of nitrogens with one attached hydrogen (secondary N) is 1. The van der Waals surface area contributed by atoms with Crippen molar-refractivity contribution in [3.05, 3.63) is 94.1 Å². The van der Waals surface area contributed by atoms with E-state index >= 15 is 0 Å². The van der Waals surface area contributed by atoms with Crippen LogP contribution in [0.15, 0.2) is 71.6 Å². The summed E-state index contributed by atoms with van der Waals surface area (Å²) >= 11 is 0.619. The average molecular weight is 575 g/mol. The Kier molecular flexibility index (Phi) is 8.78. The maximum atomic E-state index is 13.9. The highest BCUT2D eigenvalue weighted by atomic mass is 32.2. The Hall–Kier alpha value is -4.32. The lowest BCUT2D eigenvalue weighted by atomic mass is 10.1. The van der Waals surface area contributed by atoms with Crippen LogP contribution < -0.4 is 14.8 Å². The number of halogens is 4. The highest BCUT2D eigenvalue weighted by Crippen LogP contribution is 2.35. The molecule has 7 nitrogen and oxygen atoms in total. The molecule has 0 aromatic heterocycles. The Morgan fingerprint density at radius 2 is 1.77 bits per heavy atom. The van der Waals surface area contributed by atoms with Crippen molar-refractivity contribution in [3.8, 4) is 11.5 Å². The summed E-state index contributed by atoms with van der Waals surface area (Å²) in [7, 11) is 0. The Labute approximate surface area is 230 Å². The van der Waals surface area contributed by atoms with Crippen molar-refractivity contribution in [2.75, 3.05) is 18.5 Å². The van der Waals surface area contributed by atoms with Crippen molar-refractivity contribution in [2.24, 2.45) is 0 Å². The number of rotatable bonds is 9. The van der Waals surface area contributed by atoms with Crippen molar-refractivity contribution in [1.82, 2.24) is 4.90 Å². The summed E-state index contributed by atoms with van der Waals surface area (Å²) in [6, 6.07) is 15.0. The Morgan fingerprint density at radius 3 is 2.50 bits per heavy atom. The highest BCUT2D eigenvalue weighted by molar-refractivity contribution is 8.18. The van der Waals surface area contributed by atoms with E-state index in [1.807, 2.05) is 0 Å². The minimum atomic E-state index is -4.59. The monoisotopic (exact) mass is 574 g/mol. The first-order chi connectivity index (χ1) is 19.0. The maximum Gasteiger partial charge on any atom is 0.416 e. The first kappa shape index (κ1) is 28.7. The van der Waals surface area contributed by atoms with Crippen LogP contribution in [-0.4, -0.2) is 35.1 Å². The van der Waals surface area contributed by atoms with E-state index in [0.717, 1.165) is 18.2 Å². The van der Waals surface area contributed by atoms with Crippen molar-refractivity contribution >= 4 is 40.6 Å². The molecule has 3 aromatic carbocycles. The molecular weight excluding hydrogens is 552 g/mol. The van der Waals surface area contributed by atoms with Gasteiger partial charge in [0.25, 0.3) is 11.1 Å². The van der Waals surface area contributed by atoms with Crippen LogP contribution in [-0.2, 0) is 22.4 Å². The normalized spacial score (nSPS) is 14.5. The predicted octanol–water partition coefficient (Wildman–Crippen LogP) is 6.50. The number of benzene rings is 3. The van der Waals surface area contributed by atoms with Gasteiger partial charge in [0.05, 0.1) is 17.1 Å². The molecule has 40 heavy (non-hydrogen) atoms. The molecule has 0 saturated carbocycles. The van der Waals surface area contributed by atoms with Gasteiger partial charge in [-0.3, -0.25) is 19.3 Å². The van der Waals surface area contributed by atoms with Gasteiger partial charge in [-0.2, -0.15) is 13.2 Å². The van der Waals surface area contributed by atoms with Gasteiger partial charge in [-0.15, -0.1) is 0 Å². The zero-order valence-corrected chi connectivity index (χ0v) is 21.8. The number of anilines is 1. The summed E-state index contributed by atoms with van der Waals surface area (Å²) in [5.41, 5.74) is -0.210. The molecule has 0 atom stereocenters. The molecule has 208 valence electrons. The standard InChI is InChI=1S/C28H22F4N2O5S/c1-2-38-23-12-17(10-11-22(23)39-16-18-6-3-4-9-21(18)29)13-24-26(36)34(27(37)40-24)15-25(35)33-20-8-5-7-19(14-20)28(30,31)32/h3-14H,2,15-16H2,1H3,(H,33,35)/b24-13-. The van der Waals surface area contributed by atoms with E-state index in [2.05, 4.69) is 5.32 Å². The van der Waals surface area contributed by atoms with Gasteiger partial charge in [-0.05, 0) is 66.7 Å². The number of alkyl halides is 3. The maximum absolute atomic E-state index is 13.9. The number of thioether (sulfide) groups is 1. The van der Waals surface area contributed by atoms with Gasteiger partial charge in [0.15, 0.2) is 11.5 Å². The third kappa shape index (κ3) is 7.00. The topological polar surface area (TPSA) is 84.9 Å². The van der Waals surface area contributed by atoms with E-state index in [1.165, 1.54) is 18.2 Å². The van der Waals surface area contributed by atoms with Gasteiger partial charge in [0.1, 0.15) is 19.0 Å². The van der Waals surface area contributed by atoms with E-state index in [-0.39, 0.29) is 17.2 Å². The predicted molar refractivity (Wildman–Crippen MR) is 141 cm³/mol. The second kappa shape index (κ2) is 12.2. The number of ether oxygens (including phenoxy) is 2. The van der Waals surface area contributed by atoms with Crippen LogP contribution in [0.3, 0.4) is 0 Å². The number of nitrogens with zero attached hydrogens (tertiary/aromatic N) is 1. The van der Waals surface area contributed by atoms with Gasteiger partial charge >= 0.3 is 6.18 Å². The molecule has 1 aliphatic heterocycles. The fraction of sp³-hybridized carbons (Fsp3) is 0.179. The van der Waals surface area contributed by atoms with Crippen LogP contribution in [0.4, 0.5) is 28.0 Å². The molecule has 0 bridgehead atoms. The average Bonchev–Trinajstić information content (AvgIpc) is 3.16. The van der Waals surface area contributed by atoms with Crippen molar-refractivity contribution in [3.63, 3.8) is 0 Å². The number of carbonyl (C=O) groups excluding carboxylic acids is 3. The fourth-order valence-corrected chi connectivity index (χ4v) is 4.52. The van der Waals surface area contributed by atoms with Crippen molar-refractivity contribution in [2.45, 2.75) is 19.7 Å². The Bertz CT molecular complexity index is 1480. The van der Waals surface area contributed by atoms with Gasteiger partial charge in [-0.25, -0.2) is 4.39 Å². The third-order valence-corrected chi connectivity index (χ3v) is 6.46. The van der Waals surface area contributed by atoms with E-state index in [4.69, 9.17) is 9.47 Å². The smallest absolute Gasteiger partial charge is 0.416 e. The van der Waals surface area contributed by atoms with E-state index < -0.39 is 41.2 Å². The molecule has 1 fully saturated rings. The minimum Gasteiger partial charge on any atom is -0.490 e. The van der Waals surface area contributed by atoms with E-state index in [1.54, 1.807) is 43.3 Å². The quantitative estimate of drug-likeness (QED) is 0.232. The van der Waals surface area contributed by atoms with Crippen molar-refractivity contribution in [1.29, 1.82) is 0 Å². The number of hydrogen-bond acceptors (Lipinski definition) is 6. The summed E-state index contributed by atoms with van der Waals surface area (Å²) in [5.74, 6) is -1.28. The molecule has 0 radical (unpaired) electrons. The summed E-state index contributed by atoms with van der Waals surface area (Å²) in [6.45, 7) is 1.36. The molecule has 0 aliphatic carbocycles. The summed E-state index contributed by atoms with van der Waals surface area (Å²) in [5, 5.41) is 1.57. The lowest BCUT2D eigenvalue weighted by Gasteiger charge is -2.14. The second-order valence-corrected chi connectivity index (χ2v) is 9.41. The SMILES string of the molecule is CCOc1cc(/C=C2\SC(=O)N(CC(=O)Nc3cccc(C(F)(F)F)c3)C2=O)ccc1OCc1ccccc1F. The summed E-state index contributed by atoms with van der Waals surface area (Å²) in [6.07, 6.45) is -3.15. The number of carbonyl (C=O) groups is 3. The first-order valence-electron chi connectivity index (χ1n) is 11.9. The molecule has 1 heterocycles. The zero-order chi connectivity index (χ0) is 28.9. The molecule has 1 N–H and O–H groups in total. The molecule has 4 rings (SSSR count). The Balaban J connectivity index is 1.44. The number of imide groups is 1. The second-order valence-electron chi connectivity index (χ2n) is 8.41. The van der Waals surface area contributed by atoms with Gasteiger partial charge in [0, 0.05) is 11.3 Å². The molecule has 3 amide bonds. The molecule has 1 aliphatic rings. The zero-order valence-electron chi connectivity index (χ0n) is 21.0. The largest absolute Gasteiger partial charge is 0.490 e. The summed E-state index contributed by atoms with van der Waals surface area (Å²) < 4.78 is 64.1.